The van der Waals surface area contributed by atoms with Crippen molar-refractivity contribution in [2.75, 3.05) is 0 Å². The second kappa shape index (κ2) is 4.08. The summed E-state index contributed by atoms with van der Waals surface area (Å²) < 4.78 is 23.8. The van der Waals surface area contributed by atoms with Gasteiger partial charge in [-0.1, -0.05) is 29.8 Å². The van der Waals surface area contributed by atoms with Crippen LogP contribution in [0.25, 0.3) is 0 Å². The predicted octanol–water partition coefficient (Wildman–Crippen LogP) is 0.849. The number of rotatable bonds is 3. The molecule has 1 atom stereocenters. The molecule has 0 aliphatic heterocycles. The molecule has 0 aromatic heterocycles. The summed E-state index contributed by atoms with van der Waals surface area (Å²) in [5.41, 5.74) is 2.03. The highest BCUT2D eigenvalue weighted by atomic mass is 32.2. The minimum absolute atomic E-state index is 0.300. The van der Waals surface area contributed by atoms with E-state index in [0.29, 0.717) is 0 Å². The van der Waals surface area contributed by atoms with Crippen LogP contribution in [0.1, 0.15) is 24.1 Å². The van der Waals surface area contributed by atoms with Crippen LogP contribution in [-0.2, 0) is 10.2 Å². The van der Waals surface area contributed by atoms with Gasteiger partial charge in [-0.2, -0.15) is 13.1 Å². The van der Waals surface area contributed by atoms with Gasteiger partial charge in [-0.05, 0) is 19.4 Å². The normalized spacial score (nSPS) is 13.9. The van der Waals surface area contributed by atoms with Gasteiger partial charge >= 0.3 is 0 Å². The van der Waals surface area contributed by atoms with Crippen molar-refractivity contribution in [3.8, 4) is 0 Å². The fraction of sp³-hybridized carbons (Fsp3) is 0.333. The molecule has 0 fully saturated rings. The van der Waals surface area contributed by atoms with E-state index in [1.807, 2.05) is 31.2 Å². The van der Waals surface area contributed by atoms with Gasteiger partial charge in [0.15, 0.2) is 0 Å². The standard InChI is InChI=1S/C9H14N2O2S/c1-7-3-5-9(6-4-7)8(2)11-14(10,12)13/h3-6,8,11H,1-2H3,(H2,10,12,13)/t8-/m0/s1. The lowest BCUT2D eigenvalue weighted by Crippen LogP contribution is -2.32. The van der Waals surface area contributed by atoms with Crippen LogP contribution in [0.3, 0.4) is 0 Å². The second-order valence-electron chi connectivity index (χ2n) is 3.30. The molecular weight excluding hydrogens is 200 g/mol. The van der Waals surface area contributed by atoms with E-state index in [9.17, 15) is 8.42 Å². The Labute approximate surface area is 84.3 Å². The maximum absolute atomic E-state index is 10.7. The maximum atomic E-state index is 10.7. The average molecular weight is 214 g/mol. The molecule has 0 saturated carbocycles. The van der Waals surface area contributed by atoms with Gasteiger partial charge in [-0.15, -0.1) is 0 Å². The molecule has 0 amide bonds. The number of benzene rings is 1. The van der Waals surface area contributed by atoms with Gasteiger partial charge in [0.25, 0.3) is 10.2 Å². The minimum atomic E-state index is -3.63. The van der Waals surface area contributed by atoms with Gasteiger partial charge in [0.1, 0.15) is 0 Å². The zero-order chi connectivity index (χ0) is 10.8. The van der Waals surface area contributed by atoms with Gasteiger partial charge in [-0.25, -0.2) is 5.14 Å². The van der Waals surface area contributed by atoms with E-state index >= 15 is 0 Å². The van der Waals surface area contributed by atoms with E-state index in [0.717, 1.165) is 11.1 Å². The van der Waals surface area contributed by atoms with Gasteiger partial charge in [0, 0.05) is 6.04 Å². The molecular formula is C9H14N2O2S. The highest BCUT2D eigenvalue weighted by Gasteiger charge is 2.10. The van der Waals surface area contributed by atoms with E-state index in [2.05, 4.69) is 4.72 Å². The van der Waals surface area contributed by atoms with E-state index in [4.69, 9.17) is 5.14 Å². The van der Waals surface area contributed by atoms with Crippen LogP contribution in [0.2, 0.25) is 0 Å². The predicted molar refractivity (Wildman–Crippen MR) is 55.8 cm³/mol. The number of hydrogen-bond donors (Lipinski definition) is 2. The van der Waals surface area contributed by atoms with Crippen molar-refractivity contribution >= 4 is 10.2 Å². The first-order valence-corrected chi connectivity index (χ1v) is 5.80. The molecule has 5 heteroatoms. The summed E-state index contributed by atoms with van der Waals surface area (Å²) in [7, 11) is -3.63. The largest absolute Gasteiger partial charge is 0.274 e. The lowest BCUT2D eigenvalue weighted by molar-refractivity contribution is 0.568. The highest BCUT2D eigenvalue weighted by molar-refractivity contribution is 7.87. The average Bonchev–Trinajstić information content (AvgIpc) is 2.02. The Morgan fingerprint density at radius 2 is 1.79 bits per heavy atom. The van der Waals surface area contributed by atoms with E-state index in [1.54, 1.807) is 6.92 Å². The molecule has 0 radical (unpaired) electrons. The van der Waals surface area contributed by atoms with E-state index in [-0.39, 0.29) is 6.04 Å². The van der Waals surface area contributed by atoms with Crippen LogP contribution in [-0.4, -0.2) is 8.42 Å². The van der Waals surface area contributed by atoms with Gasteiger partial charge in [0.05, 0.1) is 0 Å². The summed E-state index contributed by atoms with van der Waals surface area (Å²) in [6.45, 7) is 3.72. The van der Waals surface area contributed by atoms with Crippen molar-refractivity contribution in [1.29, 1.82) is 0 Å². The van der Waals surface area contributed by atoms with Crippen LogP contribution < -0.4 is 9.86 Å². The molecule has 0 aliphatic rings. The number of nitrogens with one attached hydrogen (secondary N) is 1. The Bertz CT molecular complexity index is 397. The summed E-state index contributed by atoms with van der Waals surface area (Å²) >= 11 is 0. The van der Waals surface area contributed by atoms with Gasteiger partial charge in [0.2, 0.25) is 0 Å². The minimum Gasteiger partial charge on any atom is -0.216 e. The SMILES string of the molecule is Cc1ccc([C@H](C)NS(N)(=O)=O)cc1. The molecule has 1 aromatic carbocycles. The molecule has 3 N–H and O–H groups in total. The first kappa shape index (κ1) is 11.2. The Hall–Kier alpha value is -0.910. The molecule has 0 unspecified atom stereocenters. The Morgan fingerprint density at radius 3 is 2.21 bits per heavy atom. The maximum Gasteiger partial charge on any atom is 0.274 e. The number of hydrogen-bond acceptors (Lipinski definition) is 2. The number of nitrogens with two attached hydrogens (primary N) is 1. The fourth-order valence-electron chi connectivity index (χ4n) is 1.17. The van der Waals surface area contributed by atoms with E-state index < -0.39 is 10.2 Å². The van der Waals surface area contributed by atoms with Crippen molar-refractivity contribution < 1.29 is 8.42 Å². The molecule has 78 valence electrons. The zero-order valence-electron chi connectivity index (χ0n) is 8.19. The smallest absolute Gasteiger partial charge is 0.216 e. The van der Waals surface area contributed by atoms with Crippen molar-refractivity contribution in [2.45, 2.75) is 19.9 Å². The van der Waals surface area contributed by atoms with Crippen molar-refractivity contribution in [3.05, 3.63) is 35.4 Å². The first-order valence-electron chi connectivity index (χ1n) is 4.25. The molecule has 0 aliphatic carbocycles. The van der Waals surface area contributed by atoms with Crippen molar-refractivity contribution in [1.82, 2.24) is 4.72 Å². The third kappa shape index (κ3) is 3.45. The quantitative estimate of drug-likeness (QED) is 0.783. The lowest BCUT2D eigenvalue weighted by Gasteiger charge is -2.12. The Balaban J connectivity index is 2.80. The monoisotopic (exact) mass is 214 g/mol. The van der Waals surface area contributed by atoms with Crippen LogP contribution in [0, 0.1) is 6.92 Å². The highest BCUT2D eigenvalue weighted by Crippen LogP contribution is 2.13. The first-order chi connectivity index (χ1) is 6.38. The zero-order valence-corrected chi connectivity index (χ0v) is 9.01. The topological polar surface area (TPSA) is 72.2 Å². The van der Waals surface area contributed by atoms with Gasteiger partial charge < -0.3 is 0 Å². The molecule has 14 heavy (non-hydrogen) atoms. The van der Waals surface area contributed by atoms with E-state index in [1.165, 1.54) is 0 Å². The summed E-state index contributed by atoms with van der Waals surface area (Å²) in [5, 5.41) is 4.86. The molecule has 1 rings (SSSR count). The van der Waals surface area contributed by atoms with Crippen LogP contribution in [0.15, 0.2) is 24.3 Å². The summed E-state index contributed by atoms with van der Waals surface area (Å²) in [5.74, 6) is 0. The van der Waals surface area contributed by atoms with Crippen LogP contribution in [0.5, 0.6) is 0 Å². The molecule has 0 spiro atoms. The molecule has 4 nitrogen and oxygen atoms in total. The van der Waals surface area contributed by atoms with Crippen LogP contribution >= 0.6 is 0 Å². The molecule has 1 aromatic rings. The Kier molecular flexibility index (Phi) is 3.25. The molecule has 0 bridgehead atoms. The lowest BCUT2D eigenvalue weighted by atomic mass is 10.1. The summed E-state index contributed by atoms with van der Waals surface area (Å²) in [6.07, 6.45) is 0. The molecule has 0 saturated heterocycles. The summed E-state index contributed by atoms with van der Waals surface area (Å²) in [4.78, 5) is 0. The third-order valence-corrected chi connectivity index (χ3v) is 2.60. The molecule has 0 heterocycles. The number of aryl methyl sites for hydroxylation is 1. The van der Waals surface area contributed by atoms with Crippen molar-refractivity contribution in [2.24, 2.45) is 5.14 Å². The fourth-order valence-corrected chi connectivity index (χ4v) is 1.80. The Morgan fingerprint density at radius 1 is 1.29 bits per heavy atom. The summed E-state index contributed by atoms with van der Waals surface area (Å²) in [6, 6.07) is 7.30. The van der Waals surface area contributed by atoms with Crippen molar-refractivity contribution in [3.63, 3.8) is 0 Å². The third-order valence-electron chi connectivity index (χ3n) is 1.92. The second-order valence-corrected chi connectivity index (χ2v) is 4.62. The van der Waals surface area contributed by atoms with Crippen LogP contribution in [0.4, 0.5) is 0 Å². The van der Waals surface area contributed by atoms with Gasteiger partial charge in [-0.3, -0.25) is 0 Å².